The van der Waals surface area contributed by atoms with Gasteiger partial charge in [0.2, 0.25) is 5.91 Å². The van der Waals surface area contributed by atoms with E-state index in [1.54, 1.807) is 0 Å². The predicted octanol–water partition coefficient (Wildman–Crippen LogP) is 3.08. The fourth-order valence-corrected chi connectivity index (χ4v) is 1.98. The van der Waals surface area contributed by atoms with Gasteiger partial charge in [-0.1, -0.05) is 37.0 Å². The SMILES string of the molecule is CC[C@@H](C)N(CC#Cc1ccccc1)C(=O)C1CC1. The van der Waals surface area contributed by atoms with Crippen molar-refractivity contribution in [1.82, 2.24) is 4.90 Å². The monoisotopic (exact) mass is 255 g/mol. The van der Waals surface area contributed by atoms with E-state index in [4.69, 9.17) is 0 Å². The zero-order valence-electron chi connectivity index (χ0n) is 11.7. The molecule has 100 valence electrons. The molecule has 1 atom stereocenters. The summed E-state index contributed by atoms with van der Waals surface area (Å²) >= 11 is 0. The third-order valence-electron chi connectivity index (χ3n) is 3.59. The van der Waals surface area contributed by atoms with Crippen LogP contribution in [-0.2, 0) is 4.79 Å². The highest BCUT2D eigenvalue weighted by Crippen LogP contribution is 2.31. The molecule has 1 aromatic rings. The second kappa shape index (κ2) is 6.43. The van der Waals surface area contributed by atoms with Crippen molar-refractivity contribution in [3.05, 3.63) is 35.9 Å². The highest BCUT2D eigenvalue weighted by atomic mass is 16.2. The molecule has 1 aliphatic rings. The minimum atomic E-state index is 0.271. The lowest BCUT2D eigenvalue weighted by atomic mass is 10.2. The van der Waals surface area contributed by atoms with Crippen LogP contribution in [0.25, 0.3) is 0 Å². The van der Waals surface area contributed by atoms with E-state index in [9.17, 15) is 4.79 Å². The second-order valence-electron chi connectivity index (χ2n) is 5.17. The summed E-state index contributed by atoms with van der Waals surface area (Å²) in [6.45, 7) is 4.76. The third-order valence-corrected chi connectivity index (χ3v) is 3.59. The Morgan fingerprint density at radius 3 is 2.63 bits per heavy atom. The molecule has 1 saturated carbocycles. The molecule has 1 fully saturated rings. The van der Waals surface area contributed by atoms with Crippen molar-refractivity contribution in [2.45, 2.75) is 39.2 Å². The number of carbonyl (C=O) groups is 1. The van der Waals surface area contributed by atoms with Gasteiger partial charge in [-0.2, -0.15) is 0 Å². The topological polar surface area (TPSA) is 20.3 Å². The summed E-state index contributed by atoms with van der Waals surface area (Å²) in [6.07, 6.45) is 3.08. The molecule has 0 spiro atoms. The number of benzene rings is 1. The van der Waals surface area contributed by atoms with Crippen molar-refractivity contribution in [3.8, 4) is 11.8 Å². The van der Waals surface area contributed by atoms with Crippen LogP contribution in [0.4, 0.5) is 0 Å². The van der Waals surface area contributed by atoms with Crippen LogP contribution in [0.5, 0.6) is 0 Å². The van der Waals surface area contributed by atoms with Crippen LogP contribution >= 0.6 is 0 Å². The highest BCUT2D eigenvalue weighted by molar-refractivity contribution is 5.81. The third kappa shape index (κ3) is 3.86. The van der Waals surface area contributed by atoms with E-state index >= 15 is 0 Å². The van der Waals surface area contributed by atoms with E-state index < -0.39 is 0 Å². The van der Waals surface area contributed by atoms with Crippen molar-refractivity contribution >= 4 is 5.91 Å². The van der Waals surface area contributed by atoms with Gasteiger partial charge in [-0.25, -0.2) is 0 Å². The number of hydrogen-bond acceptors (Lipinski definition) is 1. The van der Waals surface area contributed by atoms with Gasteiger partial charge in [-0.05, 0) is 38.3 Å². The summed E-state index contributed by atoms with van der Waals surface area (Å²) in [4.78, 5) is 14.1. The molecule has 0 aliphatic heterocycles. The van der Waals surface area contributed by atoms with Crippen LogP contribution in [0, 0.1) is 17.8 Å². The highest BCUT2D eigenvalue weighted by Gasteiger charge is 2.34. The first kappa shape index (κ1) is 13.7. The van der Waals surface area contributed by atoms with Gasteiger partial charge in [0.1, 0.15) is 0 Å². The average molecular weight is 255 g/mol. The first-order chi connectivity index (χ1) is 9.22. The van der Waals surface area contributed by atoms with Crippen LogP contribution in [0.15, 0.2) is 30.3 Å². The van der Waals surface area contributed by atoms with Crippen LogP contribution in [0.3, 0.4) is 0 Å². The quantitative estimate of drug-likeness (QED) is 0.757. The molecular weight excluding hydrogens is 234 g/mol. The van der Waals surface area contributed by atoms with Gasteiger partial charge in [0.25, 0.3) is 0 Å². The summed E-state index contributed by atoms with van der Waals surface area (Å²) in [7, 11) is 0. The van der Waals surface area contributed by atoms with Gasteiger partial charge < -0.3 is 4.90 Å². The number of amides is 1. The summed E-state index contributed by atoms with van der Waals surface area (Å²) < 4.78 is 0. The molecule has 1 amide bonds. The van der Waals surface area contributed by atoms with Gasteiger partial charge in [0.15, 0.2) is 0 Å². The summed E-state index contributed by atoms with van der Waals surface area (Å²) in [5.74, 6) is 6.82. The Morgan fingerprint density at radius 1 is 1.37 bits per heavy atom. The Kier molecular flexibility index (Phi) is 4.63. The van der Waals surface area contributed by atoms with Crippen molar-refractivity contribution in [1.29, 1.82) is 0 Å². The molecule has 0 bridgehead atoms. The van der Waals surface area contributed by atoms with Gasteiger partial charge >= 0.3 is 0 Å². The first-order valence-corrected chi connectivity index (χ1v) is 7.06. The van der Waals surface area contributed by atoms with Crippen molar-refractivity contribution in [2.75, 3.05) is 6.54 Å². The lowest BCUT2D eigenvalue weighted by Crippen LogP contribution is -2.39. The van der Waals surface area contributed by atoms with Crippen molar-refractivity contribution in [3.63, 3.8) is 0 Å². The maximum atomic E-state index is 12.2. The molecule has 0 radical (unpaired) electrons. The Hall–Kier alpha value is -1.75. The molecule has 0 aromatic heterocycles. The van der Waals surface area contributed by atoms with E-state index in [0.717, 1.165) is 24.8 Å². The fraction of sp³-hybridized carbons (Fsp3) is 0.471. The smallest absolute Gasteiger partial charge is 0.226 e. The summed E-state index contributed by atoms with van der Waals surface area (Å²) in [5.41, 5.74) is 1.01. The molecule has 0 N–H and O–H groups in total. The lowest BCUT2D eigenvalue weighted by Gasteiger charge is -2.26. The Morgan fingerprint density at radius 2 is 2.05 bits per heavy atom. The molecule has 0 unspecified atom stereocenters. The zero-order chi connectivity index (χ0) is 13.7. The maximum Gasteiger partial charge on any atom is 0.226 e. The molecule has 1 aliphatic carbocycles. The maximum absolute atomic E-state index is 12.2. The largest absolute Gasteiger partial charge is 0.329 e. The zero-order valence-corrected chi connectivity index (χ0v) is 11.7. The molecule has 19 heavy (non-hydrogen) atoms. The molecule has 0 heterocycles. The number of nitrogens with zero attached hydrogens (tertiary/aromatic N) is 1. The number of rotatable bonds is 4. The van der Waals surface area contributed by atoms with E-state index in [2.05, 4.69) is 25.7 Å². The van der Waals surface area contributed by atoms with E-state index in [0.29, 0.717) is 6.54 Å². The normalized spacial score (nSPS) is 15.3. The van der Waals surface area contributed by atoms with E-state index in [1.807, 2.05) is 35.2 Å². The van der Waals surface area contributed by atoms with Crippen LogP contribution in [0.2, 0.25) is 0 Å². The minimum absolute atomic E-state index is 0.271. The van der Waals surface area contributed by atoms with Crippen LogP contribution in [-0.4, -0.2) is 23.4 Å². The summed E-state index contributed by atoms with van der Waals surface area (Å²) in [6, 6.07) is 10.2. The average Bonchev–Trinajstić information content (AvgIpc) is 3.28. The second-order valence-corrected chi connectivity index (χ2v) is 5.17. The Labute approximate surface area is 115 Å². The van der Waals surface area contributed by atoms with Gasteiger partial charge in [-0.3, -0.25) is 4.79 Å². The minimum Gasteiger partial charge on any atom is -0.329 e. The Balaban J connectivity index is 2.00. The van der Waals surface area contributed by atoms with Gasteiger partial charge in [-0.15, -0.1) is 0 Å². The molecule has 2 nitrogen and oxygen atoms in total. The lowest BCUT2D eigenvalue weighted by molar-refractivity contribution is -0.133. The molecule has 0 saturated heterocycles. The number of carbonyl (C=O) groups excluding carboxylic acids is 1. The van der Waals surface area contributed by atoms with Gasteiger partial charge in [0.05, 0.1) is 6.54 Å². The molecule has 2 heteroatoms. The van der Waals surface area contributed by atoms with E-state index in [-0.39, 0.29) is 17.9 Å². The number of hydrogen-bond donors (Lipinski definition) is 0. The van der Waals surface area contributed by atoms with Crippen molar-refractivity contribution in [2.24, 2.45) is 5.92 Å². The molecule has 2 rings (SSSR count). The standard InChI is InChI=1S/C17H21NO/c1-3-14(2)18(17(19)16-11-12-16)13-7-10-15-8-5-4-6-9-15/h4-6,8-9,14,16H,3,11-13H2,1-2H3/t14-/m1/s1. The van der Waals surface area contributed by atoms with Crippen molar-refractivity contribution < 1.29 is 4.79 Å². The van der Waals surface area contributed by atoms with Crippen LogP contribution < -0.4 is 0 Å². The molecule has 1 aromatic carbocycles. The molecular formula is C17H21NO. The Bertz CT molecular complexity index is 479. The predicted molar refractivity (Wildman–Crippen MR) is 77.5 cm³/mol. The van der Waals surface area contributed by atoms with E-state index in [1.165, 1.54) is 0 Å². The summed E-state index contributed by atoms with van der Waals surface area (Å²) in [5, 5.41) is 0. The van der Waals surface area contributed by atoms with Crippen LogP contribution in [0.1, 0.15) is 38.7 Å². The first-order valence-electron chi connectivity index (χ1n) is 7.06. The van der Waals surface area contributed by atoms with Gasteiger partial charge in [0, 0.05) is 17.5 Å². The fourth-order valence-electron chi connectivity index (χ4n) is 1.98.